The lowest BCUT2D eigenvalue weighted by molar-refractivity contribution is 0.0877. The van der Waals surface area contributed by atoms with Gasteiger partial charge in [-0.05, 0) is 43.2 Å². The average Bonchev–Trinajstić information content (AvgIpc) is 2.41. The number of hydrogen-bond donors (Lipinski definition) is 1. The van der Waals surface area contributed by atoms with E-state index in [-0.39, 0.29) is 12.1 Å². The Morgan fingerprint density at radius 3 is 2.55 bits per heavy atom. The Balaban J connectivity index is 1.82. The lowest BCUT2D eigenvalue weighted by Gasteiger charge is -2.31. The van der Waals surface area contributed by atoms with Gasteiger partial charge in [-0.2, -0.15) is 0 Å². The van der Waals surface area contributed by atoms with Crippen LogP contribution >= 0.6 is 0 Å². The summed E-state index contributed by atoms with van der Waals surface area (Å²) in [5, 5.41) is 0. The normalized spacial score (nSPS) is 20.9. The van der Waals surface area contributed by atoms with Gasteiger partial charge in [0.05, 0.1) is 6.04 Å². The number of hydrogen-bond acceptors (Lipinski definition) is 3. The molecule has 20 heavy (non-hydrogen) atoms. The zero-order valence-electron chi connectivity index (χ0n) is 11.8. The molecule has 2 aromatic carbocycles. The van der Waals surface area contributed by atoms with Gasteiger partial charge in [-0.15, -0.1) is 0 Å². The lowest BCUT2D eigenvalue weighted by atomic mass is 9.99. The van der Waals surface area contributed by atoms with Crippen molar-refractivity contribution in [3.05, 3.63) is 59.2 Å². The molecule has 3 rings (SSSR count). The van der Waals surface area contributed by atoms with Gasteiger partial charge < -0.3 is 15.2 Å². The molecule has 2 unspecified atom stereocenters. The van der Waals surface area contributed by atoms with Crippen LogP contribution in [0.2, 0.25) is 0 Å². The van der Waals surface area contributed by atoms with Crippen LogP contribution in [0.1, 0.15) is 22.7 Å². The van der Waals surface area contributed by atoms with E-state index in [2.05, 4.69) is 19.9 Å². The highest BCUT2D eigenvalue weighted by atomic mass is 16.5. The largest absolute Gasteiger partial charge is 0.489 e. The molecule has 0 amide bonds. The topological polar surface area (TPSA) is 44.5 Å². The molecule has 2 N–H and O–H groups in total. The molecular formula is C17H19NO2. The monoisotopic (exact) mass is 269 g/mol. The number of fused-ring (bicyclic) bond motifs is 1. The molecule has 0 aliphatic carbocycles. The first kappa shape index (κ1) is 13.0. The molecule has 3 nitrogen and oxygen atoms in total. The van der Waals surface area contributed by atoms with Crippen molar-refractivity contribution in [2.45, 2.75) is 26.0 Å². The third kappa shape index (κ3) is 2.49. The van der Waals surface area contributed by atoms with Crippen molar-refractivity contribution in [2.75, 3.05) is 6.61 Å². The number of rotatable bonds is 2. The summed E-state index contributed by atoms with van der Waals surface area (Å²) in [6.45, 7) is 4.60. The predicted octanol–water partition coefficient (Wildman–Crippen LogP) is 3.14. The number of ether oxygens (including phenoxy) is 2. The molecule has 1 aliphatic rings. The first-order valence-corrected chi connectivity index (χ1v) is 6.86. The standard InChI is InChI=1S/C17H19NO2/c1-11-7-12(2)9-13(8-11)20-16-10-19-15-6-4-3-5-14(15)17(16)18/h3-9,16-17H,10,18H2,1-2H3. The van der Waals surface area contributed by atoms with E-state index in [0.29, 0.717) is 6.61 Å². The number of para-hydroxylation sites is 1. The quantitative estimate of drug-likeness (QED) is 0.911. The molecule has 1 aliphatic heterocycles. The Bertz CT molecular complexity index is 604. The second kappa shape index (κ2) is 5.17. The molecule has 0 spiro atoms. The summed E-state index contributed by atoms with van der Waals surface area (Å²) in [6, 6.07) is 13.9. The van der Waals surface area contributed by atoms with Crippen LogP contribution in [0.15, 0.2) is 42.5 Å². The summed E-state index contributed by atoms with van der Waals surface area (Å²) >= 11 is 0. The highest BCUT2D eigenvalue weighted by Crippen LogP contribution is 2.32. The Morgan fingerprint density at radius 2 is 1.80 bits per heavy atom. The minimum absolute atomic E-state index is 0.161. The Kier molecular flexibility index (Phi) is 3.36. The molecule has 2 atom stereocenters. The van der Waals surface area contributed by atoms with E-state index >= 15 is 0 Å². The first-order valence-electron chi connectivity index (χ1n) is 6.86. The number of benzene rings is 2. The Labute approximate surface area is 119 Å². The molecule has 104 valence electrons. The van der Waals surface area contributed by atoms with Crippen LogP contribution in [0.3, 0.4) is 0 Å². The first-order chi connectivity index (χ1) is 9.63. The van der Waals surface area contributed by atoms with Gasteiger partial charge >= 0.3 is 0 Å². The van der Waals surface area contributed by atoms with E-state index < -0.39 is 0 Å². The Morgan fingerprint density at radius 1 is 1.10 bits per heavy atom. The van der Waals surface area contributed by atoms with Crippen LogP contribution in [-0.2, 0) is 0 Å². The van der Waals surface area contributed by atoms with Gasteiger partial charge in [0.2, 0.25) is 0 Å². The van der Waals surface area contributed by atoms with Crippen LogP contribution in [0.5, 0.6) is 11.5 Å². The minimum Gasteiger partial charge on any atom is -0.489 e. The second-order valence-electron chi connectivity index (χ2n) is 5.35. The van der Waals surface area contributed by atoms with E-state index in [9.17, 15) is 0 Å². The van der Waals surface area contributed by atoms with E-state index in [4.69, 9.17) is 15.2 Å². The van der Waals surface area contributed by atoms with Crippen LogP contribution in [0, 0.1) is 13.8 Å². The van der Waals surface area contributed by atoms with Crippen molar-refractivity contribution in [3.63, 3.8) is 0 Å². The lowest BCUT2D eigenvalue weighted by Crippen LogP contribution is -2.40. The van der Waals surface area contributed by atoms with E-state index in [1.54, 1.807) is 0 Å². The molecule has 2 aromatic rings. The SMILES string of the molecule is Cc1cc(C)cc(OC2COc3ccccc3C2N)c1. The zero-order valence-corrected chi connectivity index (χ0v) is 11.8. The molecule has 0 fully saturated rings. The van der Waals surface area contributed by atoms with Crippen molar-refractivity contribution in [3.8, 4) is 11.5 Å². The van der Waals surface area contributed by atoms with Gasteiger partial charge in [-0.3, -0.25) is 0 Å². The van der Waals surface area contributed by atoms with E-state index in [1.807, 2.05) is 36.4 Å². The average molecular weight is 269 g/mol. The van der Waals surface area contributed by atoms with Crippen LogP contribution in [0.25, 0.3) is 0 Å². The minimum atomic E-state index is -0.166. The summed E-state index contributed by atoms with van der Waals surface area (Å²) in [5.74, 6) is 1.71. The Hall–Kier alpha value is -2.00. The fraction of sp³-hybridized carbons (Fsp3) is 0.294. The van der Waals surface area contributed by atoms with Gasteiger partial charge in [0.15, 0.2) is 6.10 Å². The molecule has 0 radical (unpaired) electrons. The molecule has 3 heteroatoms. The van der Waals surface area contributed by atoms with Crippen molar-refractivity contribution in [1.29, 1.82) is 0 Å². The molecule has 0 bridgehead atoms. The van der Waals surface area contributed by atoms with Gasteiger partial charge in [-0.1, -0.05) is 24.3 Å². The van der Waals surface area contributed by atoms with Crippen molar-refractivity contribution in [1.82, 2.24) is 0 Å². The van der Waals surface area contributed by atoms with Crippen LogP contribution < -0.4 is 15.2 Å². The maximum absolute atomic E-state index is 6.31. The molecule has 0 saturated heterocycles. The fourth-order valence-corrected chi connectivity index (χ4v) is 2.65. The highest BCUT2D eigenvalue weighted by molar-refractivity contribution is 5.39. The van der Waals surface area contributed by atoms with Gasteiger partial charge in [0.25, 0.3) is 0 Å². The molecule has 0 saturated carbocycles. The number of aryl methyl sites for hydroxylation is 2. The van der Waals surface area contributed by atoms with Crippen LogP contribution in [0.4, 0.5) is 0 Å². The second-order valence-corrected chi connectivity index (χ2v) is 5.35. The van der Waals surface area contributed by atoms with E-state index in [1.165, 1.54) is 11.1 Å². The maximum Gasteiger partial charge on any atom is 0.152 e. The molecule has 1 heterocycles. The van der Waals surface area contributed by atoms with Gasteiger partial charge in [-0.25, -0.2) is 0 Å². The zero-order chi connectivity index (χ0) is 14.1. The summed E-state index contributed by atoms with van der Waals surface area (Å²) in [5.41, 5.74) is 9.69. The van der Waals surface area contributed by atoms with E-state index in [0.717, 1.165) is 17.1 Å². The summed E-state index contributed by atoms with van der Waals surface area (Å²) in [7, 11) is 0. The van der Waals surface area contributed by atoms with Crippen molar-refractivity contribution in [2.24, 2.45) is 5.73 Å². The summed E-state index contributed by atoms with van der Waals surface area (Å²) < 4.78 is 11.8. The smallest absolute Gasteiger partial charge is 0.152 e. The predicted molar refractivity (Wildman–Crippen MR) is 79.2 cm³/mol. The van der Waals surface area contributed by atoms with Gasteiger partial charge in [0.1, 0.15) is 18.1 Å². The highest BCUT2D eigenvalue weighted by Gasteiger charge is 2.29. The van der Waals surface area contributed by atoms with Gasteiger partial charge in [0, 0.05) is 5.56 Å². The summed E-state index contributed by atoms with van der Waals surface area (Å²) in [4.78, 5) is 0. The van der Waals surface area contributed by atoms with Crippen molar-refractivity contribution < 1.29 is 9.47 Å². The number of nitrogens with two attached hydrogens (primary N) is 1. The third-order valence-corrected chi connectivity index (χ3v) is 3.56. The molecule has 0 aromatic heterocycles. The van der Waals surface area contributed by atoms with Crippen molar-refractivity contribution >= 4 is 0 Å². The maximum atomic E-state index is 6.31. The molecular weight excluding hydrogens is 250 g/mol. The third-order valence-electron chi connectivity index (χ3n) is 3.56. The summed E-state index contributed by atoms with van der Waals surface area (Å²) in [6.07, 6.45) is -0.161. The fourth-order valence-electron chi connectivity index (χ4n) is 2.65. The van der Waals surface area contributed by atoms with Crippen LogP contribution in [-0.4, -0.2) is 12.7 Å².